The first-order valence-electron chi connectivity index (χ1n) is 4.95. The molecule has 0 aromatic heterocycles. The van der Waals surface area contributed by atoms with Crippen LogP contribution in [-0.4, -0.2) is 13.5 Å². The third-order valence-corrected chi connectivity index (χ3v) is 4.34. The lowest BCUT2D eigenvalue weighted by atomic mass is 10.0. The van der Waals surface area contributed by atoms with Gasteiger partial charge in [-0.05, 0) is 5.92 Å². The van der Waals surface area contributed by atoms with E-state index in [9.17, 15) is 4.79 Å². The van der Waals surface area contributed by atoms with Gasteiger partial charge in [0.2, 0.25) is 0 Å². The van der Waals surface area contributed by atoms with Crippen molar-refractivity contribution in [2.75, 3.05) is 0 Å². The Kier molecular flexibility index (Phi) is 4.76. The molecule has 0 saturated carbocycles. The second-order valence-electron chi connectivity index (χ2n) is 4.56. The van der Waals surface area contributed by atoms with E-state index < -0.39 is 8.07 Å². The van der Waals surface area contributed by atoms with Crippen molar-refractivity contribution in [3.63, 3.8) is 0 Å². The quantitative estimate of drug-likeness (QED) is 0.602. The fraction of sp³-hybridized carbons (Fsp3) is 0.900. The number of hydrogen-bond donors (Lipinski definition) is 0. The second-order valence-corrected chi connectivity index (χ2v) is 9.62. The van der Waals surface area contributed by atoms with E-state index in [-0.39, 0.29) is 0 Å². The molecule has 2 heteroatoms. The van der Waals surface area contributed by atoms with Crippen LogP contribution in [0.15, 0.2) is 0 Å². The van der Waals surface area contributed by atoms with Crippen molar-refractivity contribution >= 4 is 13.5 Å². The lowest BCUT2D eigenvalue weighted by molar-refractivity contribution is -0.113. The van der Waals surface area contributed by atoms with Crippen molar-refractivity contribution in [3.8, 4) is 0 Å². The van der Waals surface area contributed by atoms with Crippen molar-refractivity contribution in [3.05, 3.63) is 0 Å². The Bertz CT molecular complexity index is 142. The molecule has 12 heavy (non-hydrogen) atoms. The van der Waals surface area contributed by atoms with Gasteiger partial charge < -0.3 is 4.79 Å². The van der Waals surface area contributed by atoms with Crippen molar-refractivity contribution in [1.29, 1.82) is 0 Å². The molecule has 0 aliphatic rings. The lowest BCUT2D eigenvalue weighted by Gasteiger charge is -2.18. The van der Waals surface area contributed by atoms with Crippen LogP contribution in [0.3, 0.4) is 0 Å². The Morgan fingerprint density at radius 3 is 1.83 bits per heavy atom. The normalized spacial score (nSPS) is 12.2. The Hall–Kier alpha value is -0.113. The predicted molar refractivity (Wildman–Crippen MR) is 57.0 cm³/mol. The first kappa shape index (κ1) is 11.9. The Balaban J connectivity index is 3.99. The minimum Gasteiger partial charge on any atom is -0.305 e. The summed E-state index contributed by atoms with van der Waals surface area (Å²) in [7, 11) is -1.49. The Morgan fingerprint density at radius 2 is 1.58 bits per heavy atom. The van der Waals surface area contributed by atoms with E-state index in [1.54, 1.807) is 0 Å². The third kappa shape index (κ3) is 4.05. The molecule has 0 aromatic carbocycles. The van der Waals surface area contributed by atoms with Gasteiger partial charge in [-0.25, -0.2) is 0 Å². The highest BCUT2D eigenvalue weighted by molar-refractivity contribution is 7.03. The highest BCUT2D eigenvalue weighted by Gasteiger charge is 2.25. The van der Waals surface area contributed by atoms with Gasteiger partial charge in [-0.15, -0.1) is 0 Å². The zero-order valence-electron chi connectivity index (χ0n) is 9.11. The smallest absolute Gasteiger partial charge is 0.123 e. The summed E-state index contributed by atoms with van der Waals surface area (Å²) >= 11 is 0. The van der Waals surface area contributed by atoms with Crippen LogP contribution in [0.25, 0.3) is 0 Å². The van der Waals surface area contributed by atoms with Crippen LogP contribution in [-0.2, 0) is 4.79 Å². The van der Waals surface area contributed by atoms with E-state index in [4.69, 9.17) is 0 Å². The first-order chi connectivity index (χ1) is 5.41. The van der Waals surface area contributed by atoms with E-state index >= 15 is 0 Å². The van der Waals surface area contributed by atoms with Gasteiger partial charge in [-0.2, -0.15) is 0 Å². The van der Waals surface area contributed by atoms with Crippen molar-refractivity contribution < 1.29 is 4.79 Å². The first-order valence-corrected chi connectivity index (χ1v) is 8.45. The maximum atomic E-state index is 11.7. The van der Waals surface area contributed by atoms with E-state index in [0.717, 1.165) is 19.3 Å². The maximum Gasteiger partial charge on any atom is 0.123 e. The molecule has 0 aliphatic heterocycles. The summed E-state index contributed by atoms with van der Waals surface area (Å²) in [6.07, 6.45) is 3.11. The fourth-order valence-electron chi connectivity index (χ4n) is 1.15. The molecule has 1 nitrogen and oxygen atoms in total. The van der Waals surface area contributed by atoms with E-state index in [2.05, 4.69) is 33.5 Å². The van der Waals surface area contributed by atoms with Gasteiger partial charge in [0.25, 0.3) is 0 Å². The summed E-state index contributed by atoms with van der Waals surface area (Å²) in [5, 5.41) is 0.538. The minimum absolute atomic E-state index is 0.538. The molecule has 0 radical (unpaired) electrons. The number of rotatable bonds is 5. The maximum absolute atomic E-state index is 11.7. The van der Waals surface area contributed by atoms with E-state index in [1.807, 2.05) is 0 Å². The highest BCUT2D eigenvalue weighted by atomic mass is 28.3. The molecule has 0 N–H and O–H groups in total. The number of hydrogen-bond acceptors (Lipinski definition) is 1. The van der Waals surface area contributed by atoms with Crippen LogP contribution >= 0.6 is 0 Å². The second kappa shape index (κ2) is 4.80. The molecule has 0 amide bonds. The average molecular weight is 186 g/mol. The van der Waals surface area contributed by atoms with Crippen molar-refractivity contribution in [1.82, 2.24) is 0 Å². The summed E-state index contributed by atoms with van der Waals surface area (Å²) in [6, 6.07) is 0. The summed E-state index contributed by atoms with van der Waals surface area (Å²) < 4.78 is 0. The zero-order chi connectivity index (χ0) is 9.78. The third-order valence-electron chi connectivity index (χ3n) is 2.47. The van der Waals surface area contributed by atoms with Crippen LogP contribution in [0.4, 0.5) is 0 Å². The minimum atomic E-state index is -1.49. The zero-order valence-corrected chi connectivity index (χ0v) is 10.1. The molecule has 0 bridgehead atoms. The van der Waals surface area contributed by atoms with Gasteiger partial charge in [0.1, 0.15) is 13.5 Å². The van der Waals surface area contributed by atoms with Crippen LogP contribution in [0.5, 0.6) is 0 Å². The van der Waals surface area contributed by atoms with Crippen LogP contribution in [0, 0.1) is 5.92 Å². The predicted octanol–water partition coefficient (Wildman–Crippen LogP) is 3.26. The van der Waals surface area contributed by atoms with Crippen LogP contribution in [0.1, 0.15) is 33.1 Å². The standard InChI is InChI=1S/C10H22OSi/c1-6-9(7-2)8-10(11)12(3,4)5/h9H,6-8H2,1-5H3. The molecular formula is C10H22OSi. The summed E-state index contributed by atoms with van der Waals surface area (Å²) in [5.41, 5.74) is 0. The molecule has 0 unspecified atom stereocenters. The Morgan fingerprint density at radius 1 is 1.17 bits per heavy atom. The van der Waals surface area contributed by atoms with E-state index in [0.29, 0.717) is 11.3 Å². The van der Waals surface area contributed by atoms with Crippen LogP contribution in [0.2, 0.25) is 19.6 Å². The topological polar surface area (TPSA) is 17.1 Å². The molecule has 0 aromatic rings. The average Bonchev–Trinajstić information content (AvgIpc) is 1.97. The molecule has 0 fully saturated rings. The summed E-state index contributed by atoms with van der Waals surface area (Å²) in [4.78, 5) is 11.7. The number of carbonyl (C=O) groups excluding carboxylic acids is 1. The molecule has 0 atom stereocenters. The van der Waals surface area contributed by atoms with Gasteiger partial charge in [-0.1, -0.05) is 46.3 Å². The molecule has 0 aliphatic carbocycles. The lowest BCUT2D eigenvalue weighted by Crippen LogP contribution is -2.34. The summed E-state index contributed by atoms with van der Waals surface area (Å²) in [6.45, 7) is 10.8. The van der Waals surface area contributed by atoms with Crippen molar-refractivity contribution in [2.24, 2.45) is 5.92 Å². The highest BCUT2D eigenvalue weighted by Crippen LogP contribution is 2.16. The van der Waals surface area contributed by atoms with Gasteiger partial charge in [-0.3, -0.25) is 0 Å². The molecule has 0 rings (SSSR count). The molecule has 0 heterocycles. The molecule has 72 valence electrons. The van der Waals surface area contributed by atoms with E-state index in [1.165, 1.54) is 0 Å². The Labute approximate surface area is 77.6 Å². The largest absolute Gasteiger partial charge is 0.305 e. The van der Waals surface area contributed by atoms with Gasteiger partial charge in [0.15, 0.2) is 0 Å². The van der Waals surface area contributed by atoms with Crippen molar-refractivity contribution in [2.45, 2.75) is 52.8 Å². The molecule has 0 spiro atoms. The van der Waals surface area contributed by atoms with Gasteiger partial charge in [0, 0.05) is 6.42 Å². The van der Waals surface area contributed by atoms with Gasteiger partial charge in [0.05, 0.1) is 0 Å². The fourth-order valence-corrected chi connectivity index (χ4v) is 2.05. The monoisotopic (exact) mass is 186 g/mol. The summed E-state index contributed by atoms with van der Waals surface area (Å²) in [5.74, 6) is 0.629. The molecule has 0 saturated heterocycles. The SMILES string of the molecule is CCC(CC)CC(=O)[Si](C)(C)C. The van der Waals surface area contributed by atoms with Gasteiger partial charge >= 0.3 is 0 Å². The number of carbonyl (C=O) groups is 1. The molecular weight excluding hydrogens is 164 g/mol. The van der Waals surface area contributed by atoms with Crippen LogP contribution < -0.4 is 0 Å².